The van der Waals surface area contributed by atoms with Crippen molar-refractivity contribution in [2.24, 2.45) is 0 Å². The number of hydrogen-bond acceptors (Lipinski definition) is 4. The van der Waals surface area contributed by atoms with Crippen molar-refractivity contribution < 1.29 is 4.79 Å². The van der Waals surface area contributed by atoms with Gasteiger partial charge in [-0.3, -0.25) is 4.79 Å². The van der Waals surface area contributed by atoms with Crippen LogP contribution in [0.2, 0.25) is 0 Å². The highest BCUT2D eigenvalue weighted by atomic mass is 16.1. The highest BCUT2D eigenvalue weighted by Gasteiger charge is 2.18. The number of piperazine rings is 1. The molecule has 2 heterocycles. The zero-order chi connectivity index (χ0) is 16.8. The van der Waals surface area contributed by atoms with Crippen LogP contribution in [0.5, 0.6) is 0 Å². The Hall–Kier alpha value is -2.56. The normalized spacial score (nSPS) is 14.5. The van der Waals surface area contributed by atoms with Crippen molar-refractivity contribution in [3.8, 4) is 0 Å². The number of aromatic nitrogens is 1. The third-order valence-corrected chi connectivity index (χ3v) is 4.28. The topological polar surface area (TPSA) is 48.5 Å². The highest BCUT2D eigenvalue weighted by Crippen LogP contribution is 2.19. The molecule has 3 rings (SSSR count). The van der Waals surface area contributed by atoms with Crippen LogP contribution in [0.25, 0.3) is 0 Å². The summed E-state index contributed by atoms with van der Waals surface area (Å²) < 4.78 is 0. The van der Waals surface area contributed by atoms with Crippen molar-refractivity contribution in [1.82, 2.24) is 10.3 Å². The molecule has 126 valence electrons. The van der Waals surface area contributed by atoms with Crippen molar-refractivity contribution in [3.63, 3.8) is 0 Å². The molecule has 0 aliphatic carbocycles. The van der Waals surface area contributed by atoms with Gasteiger partial charge in [-0.2, -0.15) is 0 Å². The maximum atomic E-state index is 11.9. The molecular weight excluding hydrogens is 300 g/mol. The lowest BCUT2D eigenvalue weighted by molar-refractivity contribution is 0.0948. The molecule has 1 saturated heterocycles. The van der Waals surface area contributed by atoms with E-state index in [1.165, 1.54) is 5.69 Å². The van der Waals surface area contributed by atoms with Gasteiger partial charge in [0, 0.05) is 38.4 Å². The molecule has 1 aromatic carbocycles. The first-order valence-corrected chi connectivity index (χ1v) is 8.57. The third kappa shape index (κ3) is 3.85. The Bertz CT molecular complexity index is 649. The fraction of sp³-hybridized carbons (Fsp3) is 0.368. The van der Waals surface area contributed by atoms with E-state index in [9.17, 15) is 4.79 Å². The first-order chi connectivity index (χ1) is 11.8. The highest BCUT2D eigenvalue weighted by molar-refractivity contribution is 5.92. The minimum Gasteiger partial charge on any atom is -0.368 e. The standard InChI is InChI=1S/C19H24N4O/c1-2-10-20-19(24)18-9-8-17(15-21-18)23-13-11-22(12-14-23)16-6-4-3-5-7-16/h3-9,15H,2,10-14H2,1H3,(H,20,24). The zero-order valence-electron chi connectivity index (χ0n) is 14.1. The molecule has 2 aromatic rings. The lowest BCUT2D eigenvalue weighted by Gasteiger charge is -2.37. The number of anilines is 2. The molecule has 0 spiro atoms. The summed E-state index contributed by atoms with van der Waals surface area (Å²) in [6.07, 6.45) is 2.73. The predicted octanol–water partition coefficient (Wildman–Crippen LogP) is 2.55. The zero-order valence-corrected chi connectivity index (χ0v) is 14.1. The van der Waals surface area contributed by atoms with Crippen LogP contribution in [0.1, 0.15) is 23.8 Å². The van der Waals surface area contributed by atoms with Crippen molar-refractivity contribution in [1.29, 1.82) is 0 Å². The van der Waals surface area contributed by atoms with Gasteiger partial charge >= 0.3 is 0 Å². The van der Waals surface area contributed by atoms with E-state index in [1.807, 2.05) is 25.1 Å². The Morgan fingerprint density at radius 2 is 1.67 bits per heavy atom. The largest absolute Gasteiger partial charge is 0.368 e. The van der Waals surface area contributed by atoms with E-state index in [0.29, 0.717) is 12.2 Å². The molecular formula is C19H24N4O. The van der Waals surface area contributed by atoms with Crippen LogP contribution in [0.4, 0.5) is 11.4 Å². The summed E-state index contributed by atoms with van der Waals surface area (Å²) >= 11 is 0. The van der Waals surface area contributed by atoms with E-state index in [1.54, 1.807) is 6.20 Å². The summed E-state index contributed by atoms with van der Waals surface area (Å²) in [4.78, 5) is 20.9. The van der Waals surface area contributed by atoms with E-state index in [-0.39, 0.29) is 5.91 Å². The summed E-state index contributed by atoms with van der Waals surface area (Å²) in [5.74, 6) is -0.0997. The van der Waals surface area contributed by atoms with Crippen LogP contribution in [0, 0.1) is 0 Å². The number of benzene rings is 1. The molecule has 0 radical (unpaired) electrons. The molecule has 5 nitrogen and oxygen atoms in total. The number of nitrogens with zero attached hydrogens (tertiary/aromatic N) is 3. The van der Waals surface area contributed by atoms with E-state index in [2.05, 4.69) is 44.4 Å². The Labute approximate surface area is 143 Å². The van der Waals surface area contributed by atoms with Gasteiger partial charge in [0.15, 0.2) is 0 Å². The predicted molar refractivity (Wildman–Crippen MR) is 97.7 cm³/mol. The molecule has 1 amide bonds. The lowest BCUT2D eigenvalue weighted by atomic mass is 10.2. The minimum absolute atomic E-state index is 0.0997. The molecule has 24 heavy (non-hydrogen) atoms. The molecule has 1 aliphatic rings. The molecule has 0 bridgehead atoms. The Kier molecular flexibility index (Phi) is 5.31. The quantitative estimate of drug-likeness (QED) is 0.918. The Balaban J connectivity index is 1.57. The van der Waals surface area contributed by atoms with Crippen LogP contribution in [0.3, 0.4) is 0 Å². The second-order valence-corrected chi connectivity index (χ2v) is 5.97. The van der Waals surface area contributed by atoms with Gasteiger partial charge < -0.3 is 15.1 Å². The van der Waals surface area contributed by atoms with Gasteiger partial charge in [0.1, 0.15) is 5.69 Å². The molecule has 5 heteroatoms. The first kappa shape index (κ1) is 16.3. The summed E-state index contributed by atoms with van der Waals surface area (Å²) in [6.45, 7) is 6.61. The van der Waals surface area contributed by atoms with Crippen LogP contribution in [-0.2, 0) is 0 Å². The van der Waals surface area contributed by atoms with Crippen molar-refractivity contribution in [3.05, 3.63) is 54.4 Å². The monoisotopic (exact) mass is 324 g/mol. The van der Waals surface area contributed by atoms with Gasteiger partial charge in [-0.25, -0.2) is 4.98 Å². The van der Waals surface area contributed by atoms with Gasteiger partial charge in [0.25, 0.3) is 5.91 Å². The summed E-state index contributed by atoms with van der Waals surface area (Å²) in [6, 6.07) is 14.3. The third-order valence-electron chi connectivity index (χ3n) is 4.28. The first-order valence-electron chi connectivity index (χ1n) is 8.57. The van der Waals surface area contributed by atoms with Crippen molar-refractivity contribution in [2.45, 2.75) is 13.3 Å². The average Bonchev–Trinajstić information content (AvgIpc) is 2.67. The van der Waals surface area contributed by atoms with Crippen LogP contribution in [0.15, 0.2) is 48.7 Å². The fourth-order valence-corrected chi connectivity index (χ4v) is 2.90. The lowest BCUT2D eigenvalue weighted by Crippen LogP contribution is -2.46. The van der Waals surface area contributed by atoms with Gasteiger partial charge in [0.05, 0.1) is 11.9 Å². The molecule has 1 N–H and O–H groups in total. The van der Waals surface area contributed by atoms with E-state index in [0.717, 1.165) is 38.3 Å². The molecule has 1 aliphatic heterocycles. The molecule has 1 fully saturated rings. The number of amides is 1. The molecule has 0 saturated carbocycles. The Morgan fingerprint density at radius 3 is 2.25 bits per heavy atom. The van der Waals surface area contributed by atoms with Crippen molar-refractivity contribution in [2.75, 3.05) is 42.5 Å². The fourth-order valence-electron chi connectivity index (χ4n) is 2.90. The van der Waals surface area contributed by atoms with E-state index in [4.69, 9.17) is 0 Å². The van der Waals surface area contributed by atoms with Gasteiger partial charge in [0.2, 0.25) is 0 Å². The Morgan fingerprint density at radius 1 is 1.00 bits per heavy atom. The number of carbonyl (C=O) groups is 1. The van der Waals surface area contributed by atoms with Gasteiger partial charge in [-0.15, -0.1) is 0 Å². The summed E-state index contributed by atoms with van der Waals surface area (Å²) in [5.41, 5.74) is 2.84. The number of nitrogens with one attached hydrogen (secondary N) is 1. The molecule has 1 aromatic heterocycles. The van der Waals surface area contributed by atoms with Crippen LogP contribution in [-0.4, -0.2) is 43.6 Å². The number of carbonyl (C=O) groups excluding carboxylic acids is 1. The number of hydrogen-bond donors (Lipinski definition) is 1. The van der Waals surface area contributed by atoms with Crippen molar-refractivity contribution >= 4 is 17.3 Å². The maximum Gasteiger partial charge on any atom is 0.269 e. The van der Waals surface area contributed by atoms with E-state index < -0.39 is 0 Å². The summed E-state index contributed by atoms with van der Waals surface area (Å²) in [5, 5.41) is 2.85. The second kappa shape index (κ2) is 7.81. The SMILES string of the molecule is CCCNC(=O)c1ccc(N2CCN(c3ccccc3)CC2)cn1. The van der Waals surface area contributed by atoms with Gasteiger partial charge in [-0.1, -0.05) is 25.1 Å². The molecule has 0 atom stereocenters. The van der Waals surface area contributed by atoms with Crippen LogP contribution >= 0.6 is 0 Å². The average molecular weight is 324 g/mol. The van der Waals surface area contributed by atoms with E-state index >= 15 is 0 Å². The number of rotatable bonds is 5. The van der Waals surface area contributed by atoms with Gasteiger partial charge in [-0.05, 0) is 30.7 Å². The smallest absolute Gasteiger partial charge is 0.269 e. The molecule has 0 unspecified atom stereocenters. The second-order valence-electron chi connectivity index (χ2n) is 5.97. The maximum absolute atomic E-state index is 11.9. The number of pyridine rings is 1. The number of para-hydroxylation sites is 1. The van der Waals surface area contributed by atoms with Crippen LogP contribution < -0.4 is 15.1 Å². The minimum atomic E-state index is -0.0997. The summed E-state index contributed by atoms with van der Waals surface area (Å²) in [7, 11) is 0.